The molecule has 0 aliphatic heterocycles. The molecule has 0 aliphatic carbocycles. The van der Waals surface area contributed by atoms with E-state index in [0.717, 1.165) is 11.4 Å². The van der Waals surface area contributed by atoms with Crippen molar-refractivity contribution in [1.82, 2.24) is 4.98 Å². The van der Waals surface area contributed by atoms with Gasteiger partial charge in [-0.3, -0.25) is 4.79 Å². The Morgan fingerprint density at radius 1 is 1.30 bits per heavy atom. The fraction of sp³-hybridized carbons (Fsp3) is 0.143. The molecule has 0 bridgehead atoms. The molecule has 0 saturated heterocycles. The van der Waals surface area contributed by atoms with Gasteiger partial charge in [0.05, 0.1) is 19.3 Å². The van der Waals surface area contributed by atoms with Crippen molar-refractivity contribution >= 4 is 28.9 Å². The Hall–Kier alpha value is -2.27. The molecule has 0 spiro atoms. The van der Waals surface area contributed by atoms with E-state index in [0.29, 0.717) is 5.69 Å². The predicted octanol–water partition coefficient (Wildman–Crippen LogP) is 2.79. The Kier molecular flexibility index (Phi) is 4.79. The van der Waals surface area contributed by atoms with Crippen LogP contribution in [0.15, 0.2) is 42.6 Å². The first-order valence-electron chi connectivity index (χ1n) is 5.97. The summed E-state index contributed by atoms with van der Waals surface area (Å²) in [5.41, 5.74) is 1.33. The number of carbonyl (C=O) groups is 1. The van der Waals surface area contributed by atoms with E-state index in [1.807, 2.05) is 24.3 Å². The van der Waals surface area contributed by atoms with Crippen molar-refractivity contribution < 1.29 is 9.53 Å². The normalized spacial score (nSPS) is 9.90. The van der Waals surface area contributed by atoms with E-state index < -0.39 is 0 Å². The summed E-state index contributed by atoms with van der Waals surface area (Å²) < 4.78 is 5.06. The van der Waals surface area contributed by atoms with Crippen molar-refractivity contribution in [3.63, 3.8) is 0 Å². The van der Waals surface area contributed by atoms with E-state index in [4.69, 9.17) is 16.3 Å². The van der Waals surface area contributed by atoms with Gasteiger partial charge in [0, 0.05) is 11.9 Å². The number of anilines is 2. The molecule has 6 heteroatoms. The third-order valence-electron chi connectivity index (χ3n) is 2.58. The highest BCUT2D eigenvalue weighted by Gasteiger charge is 2.05. The van der Waals surface area contributed by atoms with Crippen LogP contribution in [-0.4, -0.2) is 24.5 Å². The van der Waals surface area contributed by atoms with E-state index >= 15 is 0 Å². The number of nitrogens with zero attached hydrogens (tertiary/aromatic N) is 1. The summed E-state index contributed by atoms with van der Waals surface area (Å²) in [6.07, 6.45) is 1.56. The summed E-state index contributed by atoms with van der Waals surface area (Å²) in [6, 6.07) is 10.7. The zero-order chi connectivity index (χ0) is 14.4. The summed E-state index contributed by atoms with van der Waals surface area (Å²) >= 11 is 5.86. The Morgan fingerprint density at radius 3 is 2.70 bits per heavy atom. The zero-order valence-electron chi connectivity index (χ0n) is 10.9. The number of nitrogens with one attached hydrogen (secondary N) is 2. The van der Waals surface area contributed by atoms with E-state index in [1.165, 1.54) is 0 Å². The van der Waals surface area contributed by atoms with Gasteiger partial charge in [0.2, 0.25) is 5.91 Å². The molecule has 0 radical (unpaired) electrons. The van der Waals surface area contributed by atoms with E-state index in [2.05, 4.69) is 15.6 Å². The average molecular weight is 292 g/mol. The van der Waals surface area contributed by atoms with Crippen molar-refractivity contribution in [2.45, 2.75) is 0 Å². The summed E-state index contributed by atoms with van der Waals surface area (Å²) in [5, 5.41) is 5.96. The minimum absolute atomic E-state index is 0.136. The second-order valence-electron chi connectivity index (χ2n) is 3.97. The minimum Gasteiger partial charge on any atom is -0.497 e. The van der Waals surface area contributed by atoms with Crippen LogP contribution in [-0.2, 0) is 4.79 Å². The van der Waals surface area contributed by atoms with Gasteiger partial charge >= 0.3 is 0 Å². The average Bonchev–Trinajstić information content (AvgIpc) is 2.48. The maximum absolute atomic E-state index is 11.8. The standard InChI is InChI=1S/C14H14ClN3O2/c1-20-11-6-4-10(5-7-11)17-9-13(19)18-12-3-2-8-16-14(12)15/h2-8,17H,9H2,1H3,(H,18,19). The van der Waals surface area contributed by atoms with Gasteiger partial charge in [0.25, 0.3) is 0 Å². The molecule has 2 N–H and O–H groups in total. The Balaban J connectivity index is 1.87. The lowest BCUT2D eigenvalue weighted by Crippen LogP contribution is -2.22. The number of pyridine rings is 1. The van der Waals surface area contributed by atoms with Gasteiger partial charge in [0.15, 0.2) is 5.15 Å². The summed E-state index contributed by atoms with van der Waals surface area (Å²) in [4.78, 5) is 15.7. The second kappa shape index (κ2) is 6.77. The van der Waals surface area contributed by atoms with Gasteiger partial charge in [0.1, 0.15) is 5.75 Å². The number of halogens is 1. The number of amides is 1. The fourth-order valence-corrected chi connectivity index (χ4v) is 1.73. The molecule has 0 unspecified atom stereocenters. The van der Waals surface area contributed by atoms with Crippen LogP contribution in [0.3, 0.4) is 0 Å². The maximum Gasteiger partial charge on any atom is 0.243 e. The molecule has 104 valence electrons. The number of benzene rings is 1. The second-order valence-corrected chi connectivity index (χ2v) is 4.33. The molecule has 0 saturated carbocycles. The van der Waals surface area contributed by atoms with Crippen molar-refractivity contribution in [3.05, 3.63) is 47.7 Å². The fourth-order valence-electron chi connectivity index (χ4n) is 1.56. The molecule has 20 heavy (non-hydrogen) atoms. The van der Waals surface area contributed by atoms with Crippen molar-refractivity contribution in [2.24, 2.45) is 0 Å². The summed E-state index contributed by atoms with van der Waals surface area (Å²) in [6.45, 7) is 0.136. The third-order valence-corrected chi connectivity index (χ3v) is 2.88. The van der Waals surface area contributed by atoms with Crippen LogP contribution >= 0.6 is 11.6 Å². The number of hydrogen-bond acceptors (Lipinski definition) is 4. The van der Waals surface area contributed by atoms with Gasteiger partial charge in [-0.25, -0.2) is 4.98 Å². The molecule has 5 nitrogen and oxygen atoms in total. The van der Waals surface area contributed by atoms with Crippen LogP contribution in [0.4, 0.5) is 11.4 Å². The topological polar surface area (TPSA) is 63.2 Å². The van der Waals surface area contributed by atoms with Gasteiger partial charge in [-0.05, 0) is 36.4 Å². The van der Waals surface area contributed by atoms with Gasteiger partial charge in [-0.15, -0.1) is 0 Å². The molecule has 2 rings (SSSR count). The van der Waals surface area contributed by atoms with E-state index in [9.17, 15) is 4.79 Å². The Labute approximate surface area is 121 Å². The van der Waals surface area contributed by atoms with Crippen molar-refractivity contribution in [2.75, 3.05) is 24.3 Å². The first-order valence-corrected chi connectivity index (χ1v) is 6.35. The highest BCUT2D eigenvalue weighted by atomic mass is 35.5. The highest BCUT2D eigenvalue weighted by molar-refractivity contribution is 6.32. The van der Waals surface area contributed by atoms with Crippen LogP contribution in [0, 0.1) is 0 Å². The van der Waals surface area contributed by atoms with Gasteiger partial charge < -0.3 is 15.4 Å². The monoisotopic (exact) mass is 291 g/mol. The summed E-state index contributed by atoms with van der Waals surface area (Å²) in [5.74, 6) is 0.567. The minimum atomic E-state index is -0.198. The number of carbonyl (C=O) groups excluding carboxylic acids is 1. The summed E-state index contributed by atoms with van der Waals surface area (Å²) in [7, 11) is 1.60. The van der Waals surface area contributed by atoms with Crippen molar-refractivity contribution in [1.29, 1.82) is 0 Å². The Morgan fingerprint density at radius 2 is 2.05 bits per heavy atom. The van der Waals surface area contributed by atoms with Crippen LogP contribution in [0.5, 0.6) is 5.75 Å². The van der Waals surface area contributed by atoms with Crippen LogP contribution in [0.25, 0.3) is 0 Å². The highest BCUT2D eigenvalue weighted by Crippen LogP contribution is 2.17. The first-order chi connectivity index (χ1) is 9.69. The molecule has 0 aliphatic rings. The smallest absolute Gasteiger partial charge is 0.243 e. The first kappa shape index (κ1) is 14.1. The van der Waals surface area contributed by atoms with E-state index in [1.54, 1.807) is 25.4 Å². The molecule has 0 fully saturated rings. The number of methoxy groups -OCH3 is 1. The Bertz CT molecular complexity index is 587. The molecule has 1 amide bonds. The van der Waals surface area contributed by atoms with Crippen LogP contribution in [0.2, 0.25) is 5.15 Å². The third kappa shape index (κ3) is 3.86. The number of rotatable bonds is 5. The SMILES string of the molecule is COc1ccc(NCC(=O)Nc2cccnc2Cl)cc1. The number of ether oxygens (including phenoxy) is 1. The molecular weight excluding hydrogens is 278 g/mol. The predicted molar refractivity (Wildman–Crippen MR) is 79.4 cm³/mol. The quantitative estimate of drug-likeness (QED) is 0.832. The molecular formula is C14H14ClN3O2. The number of aromatic nitrogens is 1. The van der Waals surface area contributed by atoms with Gasteiger partial charge in [-0.2, -0.15) is 0 Å². The molecule has 1 aromatic carbocycles. The van der Waals surface area contributed by atoms with Gasteiger partial charge in [-0.1, -0.05) is 11.6 Å². The maximum atomic E-state index is 11.8. The molecule has 0 atom stereocenters. The van der Waals surface area contributed by atoms with Crippen LogP contribution in [0.1, 0.15) is 0 Å². The molecule has 1 aromatic heterocycles. The largest absolute Gasteiger partial charge is 0.497 e. The molecule has 2 aromatic rings. The van der Waals surface area contributed by atoms with E-state index in [-0.39, 0.29) is 17.6 Å². The zero-order valence-corrected chi connectivity index (χ0v) is 11.6. The lowest BCUT2D eigenvalue weighted by atomic mass is 10.3. The number of hydrogen-bond donors (Lipinski definition) is 2. The molecule has 1 heterocycles. The lowest BCUT2D eigenvalue weighted by Gasteiger charge is -2.09. The lowest BCUT2D eigenvalue weighted by molar-refractivity contribution is -0.114. The van der Waals surface area contributed by atoms with Crippen LogP contribution < -0.4 is 15.4 Å². The van der Waals surface area contributed by atoms with Crippen molar-refractivity contribution in [3.8, 4) is 5.75 Å².